The normalized spacial score (nSPS) is 13.4. The van der Waals surface area contributed by atoms with Crippen molar-refractivity contribution < 1.29 is 28.6 Å². The number of hydrogen-bond acceptors (Lipinski definition) is 6. The second kappa shape index (κ2) is 56.6. The van der Waals surface area contributed by atoms with Crippen LogP contribution in [0.5, 0.6) is 0 Å². The van der Waals surface area contributed by atoms with E-state index >= 15 is 0 Å². The number of carbonyl (C=O) groups excluding carboxylic acids is 3. The summed E-state index contributed by atoms with van der Waals surface area (Å²) in [7, 11) is 0. The summed E-state index contributed by atoms with van der Waals surface area (Å²) in [6, 6.07) is 0. The molecule has 0 saturated heterocycles. The molecule has 0 aliphatic rings. The Morgan fingerprint density at radius 3 is 1.07 bits per heavy atom. The van der Waals surface area contributed by atoms with Gasteiger partial charge in [-0.2, -0.15) is 0 Å². The highest BCUT2D eigenvalue weighted by Crippen LogP contribution is 2.14. The number of esters is 3. The molecule has 6 nitrogen and oxygen atoms in total. The Kier molecular flexibility index (Phi) is 52.6. The van der Waals surface area contributed by atoms with E-state index in [9.17, 15) is 14.4 Å². The van der Waals surface area contributed by atoms with E-state index in [1.54, 1.807) is 0 Å². The number of ether oxygens (including phenoxy) is 3. The second-order valence-electron chi connectivity index (χ2n) is 17.6. The van der Waals surface area contributed by atoms with Gasteiger partial charge in [-0.05, 0) is 77.0 Å². The van der Waals surface area contributed by atoms with E-state index in [4.69, 9.17) is 14.2 Å². The molecule has 0 bridgehead atoms. The maximum atomic E-state index is 12.8. The fraction of sp³-hybridized carbons (Fsp3) is 0.547. The zero-order valence-electron chi connectivity index (χ0n) is 44.5. The summed E-state index contributed by atoms with van der Waals surface area (Å²) >= 11 is 0. The molecule has 1 atom stereocenters. The number of rotatable bonds is 47. The van der Waals surface area contributed by atoms with Crippen molar-refractivity contribution in [1.29, 1.82) is 0 Å². The molecular weight excluding hydrogens is 865 g/mol. The van der Waals surface area contributed by atoms with Gasteiger partial charge in [0, 0.05) is 19.3 Å². The van der Waals surface area contributed by atoms with Gasteiger partial charge >= 0.3 is 17.9 Å². The summed E-state index contributed by atoms with van der Waals surface area (Å²) < 4.78 is 16.7. The lowest BCUT2D eigenvalue weighted by Crippen LogP contribution is -2.30. The molecular formula is C64H98O6. The molecule has 0 aromatic heterocycles. The van der Waals surface area contributed by atoms with Crippen molar-refractivity contribution in [3.8, 4) is 0 Å². The minimum absolute atomic E-state index is 0.129. The zero-order valence-corrected chi connectivity index (χ0v) is 44.5. The maximum absolute atomic E-state index is 12.8. The molecule has 0 saturated carbocycles. The third kappa shape index (κ3) is 54.0. The first-order valence-corrected chi connectivity index (χ1v) is 27.6. The van der Waals surface area contributed by atoms with Crippen LogP contribution in [-0.4, -0.2) is 37.2 Å². The SMILES string of the molecule is CC\C=C/C=C\C=C/C=C\C=C\C=C/C=C\CCCCCC(=O)OCC(COC(=O)CCCCCCCCCCCCCCCC)OC(=O)CC/C=C\C/C=C\C/C=C\C/C=C\C/C=C\C/C=C\CC. The van der Waals surface area contributed by atoms with E-state index < -0.39 is 12.1 Å². The number of hydrogen-bond donors (Lipinski definition) is 0. The predicted octanol–water partition coefficient (Wildman–Crippen LogP) is 18.6. The summed E-state index contributed by atoms with van der Waals surface area (Å²) in [6.45, 7) is 6.26. The molecule has 0 rings (SSSR count). The molecule has 0 N–H and O–H groups in total. The summed E-state index contributed by atoms with van der Waals surface area (Å²) in [4.78, 5) is 38.1. The maximum Gasteiger partial charge on any atom is 0.306 e. The lowest BCUT2D eigenvalue weighted by atomic mass is 10.0. The molecule has 0 radical (unpaired) electrons. The van der Waals surface area contributed by atoms with Crippen LogP contribution in [0.1, 0.15) is 207 Å². The van der Waals surface area contributed by atoms with Gasteiger partial charge in [-0.25, -0.2) is 0 Å². The van der Waals surface area contributed by atoms with Gasteiger partial charge in [0.15, 0.2) is 6.10 Å². The summed E-state index contributed by atoms with van der Waals surface area (Å²) in [6.07, 6.45) is 82.3. The second-order valence-corrected chi connectivity index (χ2v) is 17.6. The molecule has 390 valence electrons. The number of unbranched alkanes of at least 4 members (excludes halogenated alkanes) is 16. The van der Waals surface area contributed by atoms with Gasteiger partial charge in [0.05, 0.1) is 0 Å². The largest absolute Gasteiger partial charge is 0.462 e. The van der Waals surface area contributed by atoms with Crippen molar-refractivity contribution in [3.63, 3.8) is 0 Å². The molecule has 6 heteroatoms. The molecule has 70 heavy (non-hydrogen) atoms. The van der Waals surface area contributed by atoms with E-state index in [1.165, 1.54) is 70.6 Å². The Balaban J connectivity index is 4.64. The summed E-state index contributed by atoms with van der Waals surface area (Å²) in [5.74, 6) is -1.07. The fourth-order valence-corrected chi connectivity index (χ4v) is 6.92. The van der Waals surface area contributed by atoms with E-state index in [1.807, 2.05) is 85.1 Å². The highest BCUT2D eigenvalue weighted by atomic mass is 16.6. The Morgan fingerprint density at radius 2 is 0.657 bits per heavy atom. The van der Waals surface area contributed by atoms with Crippen LogP contribution in [0, 0.1) is 0 Å². The van der Waals surface area contributed by atoms with Crippen LogP contribution in [0.15, 0.2) is 158 Å². The van der Waals surface area contributed by atoms with E-state index in [2.05, 4.69) is 93.7 Å². The third-order valence-electron chi connectivity index (χ3n) is 11.0. The van der Waals surface area contributed by atoms with Crippen LogP contribution < -0.4 is 0 Å². The standard InChI is InChI=1S/C64H98O6/c1-4-7-10-13-16-19-22-25-28-30-32-34-36-39-42-45-48-51-54-57-63(66)69-60-61(59-68-62(65)56-53-50-47-44-41-38-27-24-21-18-15-12-9-6-3)70-64(67)58-55-52-49-46-43-40-37-35-33-31-29-26-23-20-17-14-11-8-5-2/h7-8,10-11,13,16-17,19-20,22,25-26,28-30,32-36,39-40,42-43,49,52,61H,4-6,9,12,14-15,18,21,23-24,27,31,37-38,41,44-48,50-51,53-60H2,1-3H3/b10-7-,11-8-,16-13-,20-17-,22-19-,28-25-,29-26-,32-30+,35-33-,36-34-,42-39-,43-40-,52-49-. The van der Waals surface area contributed by atoms with Gasteiger partial charge in [-0.1, -0.05) is 269 Å². The molecule has 1 unspecified atom stereocenters. The minimum Gasteiger partial charge on any atom is -0.462 e. The molecule has 0 aromatic rings. The van der Waals surface area contributed by atoms with Crippen molar-refractivity contribution in [1.82, 2.24) is 0 Å². The van der Waals surface area contributed by atoms with Crippen molar-refractivity contribution in [2.24, 2.45) is 0 Å². The number of carbonyl (C=O) groups is 3. The van der Waals surface area contributed by atoms with Crippen molar-refractivity contribution >= 4 is 17.9 Å². The predicted molar refractivity (Wildman–Crippen MR) is 302 cm³/mol. The summed E-state index contributed by atoms with van der Waals surface area (Å²) in [5.41, 5.74) is 0. The topological polar surface area (TPSA) is 78.9 Å². The molecule has 0 heterocycles. The molecule has 0 spiro atoms. The van der Waals surface area contributed by atoms with Crippen molar-refractivity contribution in [2.75, 3.05) is 13.2 Å². The zero-order chi connectivity index (χ0) is 50.7. The fourth-order valence-electron chi connectivity index (χ4n) is 6.92. The monoisotopic (exact) mass is 963 g/mol. The lowest BCUT2D eigenvalue weighted by Gasteiger charge is -2.18. The minimum atomic E-state index is -0.844. The van der Waals surface area contributed by atoms with Crippen LogP contribution >= 0.6 is 0 Å². The average molecular weight is 963 g/mol. The van der Waals surface area contributed by atoms with E-state index in [0.717, 1.165) is 83.5 Å². The first-order valence-electron chi connectivity index (χ1n) is 27.6. The van der Waals surface area contributed by atoms with Gasteiger partial charge in [-0.15, -0.1) is 0 Å². The molecule has 0 aliphatic carbocycles. The highest BCUT2D eigenvalue weighted by molar-refractivity contribution is 5.71. The van der Waals surface area contributed by atoms with Crippen molar-refractivity contribution in [2.45, 2.75) is 213 Å². The van der Waals surface area contributed by atoms with Gasteiger partial charge in [0.2, 0.25) is 0 Å². The van der Waals surface area contributed by atoms with Gasteiger partial charge in [-0.3, -0.25) is 14.4 Å². The van der Waals surface area contributed by atoms with Crippen LogP contribution in [-0.2, 0) is 28.6 Å². The molecule has 0 fully saturated rings. The molecule has 0 aliphatic heterocycles. The smallest absolute Gasteiger partial charge is 0.306 e. The van der Waals surface area contributed by atoms with Crippen LogP contribution in [0.3, 0.4) is 0 Å². The van der Waals surface area contributed by atoms with Crippen molar-refractivity contribution in [3.05, 3.63) is 158 Å². The first kappa shape index (κ1) is 65.0. The Labute approximate surface area is 429 Å². The number of allylic oxidation sites excluding steroid dienone is 26. The lowest BCUT2D eigenvalue weighted by molar-refractivity contribution is -0.166. The van der Waals surface area contributed by atoms with Crippen LogP contribution in [0.25, 0.3) is 0 Å². The molecule has 0 aromatic carbocycles. The van der Waals surface area contributed by atoms with Crippen LogP contribution in [0.2, 0.25) is 0 Å². The summed E-state index contributed by atoms with van der Waals surface area (Å²) in [5, 5.41) is 0. The first-order chi connectivity index (χ1) is 34.5. The van der Waals surface area contributed by atoms with Gasteiger partial charge < -0.3 is 14.2 Å². The van der Waals surface area contributed by atoms with E-state index in [0.29, 0.717) is 19.3 Å². The van der Waals surface area contributed by atoms with Crippen LogP contribution in [0.4, 0.5) is 0 Å². The average Bonchev–Trinajstić information content (AvgIpc) is 3.36. The third-order valence-corrected chi connectivity index (χ3v) is 11.0. The van der Waals surface area contributed by atoms with E-state index in [-0.39, 0.29) is 38.0 Å². The Bertz CT molecular complexity index is 1620. The van der Waals surface area contributed by atoms with Gasteiger partial charge in [0.1, 0.15) is 13.2 Å². The Hall–Kier alpha value is -4.97. The van der Waals surface area contributed by atoms with Gasteiger partial charge in [0.25, 0.3) is 0 Å². The quantitative estimate of drug-likeness (QED) is 0.0199. The molecule has 0 amide bonds. The Morgan fingerprint density at radius 1 is 0.314 bits per heavy atom. The highest BCUT2D eigenvalue weighted by Gasteiger charge is 2.19.